The Morgan fingerprint density at radius 3 is 2.38 bits per heavy atom. The summed E-state index contributed by atoms with van der Waals surface area (Å²) in [6.45, 7) is 0. The van der Waals surface area contributed by atoms with Crippen LogP contribution in [0.2, 0.25) is 0 Å². The lowest BCUT2D eigenvalue weighted by Crippen LogP contribution is -2.05. The Bertz CT molecular complexity index is 275. The van der Waals surface area contributed by atoms with Gasteiger partial charge in [0.15, 0.2) is 0 Å². The molecule has 0 unspecified atom stereocenters. The van der Waals surface area contributed by atoms with Crippen LogP contribution in [-0.4, -0.2) is 26.2 Å². The molecule has 0 saturated heterocycles. The molecule has 0 aromatic rings. The summed E-state index contributed by atoms with van der Waals surface area (Å²) in [4.78, 5) is 11.2. The zero-order chi connectivity index (χ0) is 9.90. The third kappa shape index (κ3) is 5.03. The van der Waals surface area contributed by atoms with Gasteiger partial charge < -0.3 is 0 Å². The molecule has 0 N–H and O–H groups in total. The van der Waals surface area contributed by atoms with Crippen molar-refractivity contribution in [1.29, 1.82) is 0 Å². The molecule has 0 amide bonds. The molecule has 3 nitrogen and oxygen atoms in total. The van der Waals surface area contributed by atoms with Crippen LogP contribution in [0.4, 0.5) is 0 Å². The molecule has 0 atom stereocenters. The van der Waals surface area contributed by atoms with Gasteiger partial charge in [0.05, 0.1) is 0 Å². The van der Waals surface area contributed by atoms with Crippen LogP contribution in [-0.2, 0) is 14.6 Å². The SMILES string of the molecule is CS(=O)(=O)CCCCC(=O)C1CC1. The lowest BCUT2D eigenvalue weighted by Gasteiger charge is -1.98. The zero-order valence-corrected chi connectivity index (χ0v) is 8.77. The Hall–Kier alpha value is -0.380. The van der Waals surface area contributed by atoms with E-state index in [1.807, 2.05) is 0 Å². The summed E-state index contributed by atoms with van der Waals surface area (Å²) >= 11 is 0. The maximum atomic E-state index is 11.2. The first-order chi connectivity index (χ1) is 5.99. The fourth-order valence-corrected chi connectivity index (χ4v) is 2.00. The molecule has 1 rings (SSSR count). The van der Waals surface area contributed by atoms with Crippen molar-refractivity contribution in [1.82, 2.24) is 0 Å². The number of hydrogen-bond donors (Lipinski definition) is 0. The summed E-state index contributed by atoms with van der Waals surface area (Å²) < 4.78 is 21.5. The standard InChI is InChI=1S/C9H16O3S/c1-13(11,12)7-3-2-4-9(10)8-5-6-8/h8H,2-7H2,1H3. The number of sulfone groups is 1. The number of carbonyl (C=O) groups is 1. The summed E-state index contributed by atoms with van der Waals surface area (Å²) in [5.74, 6) is 0.858. The lowest BCUT2D eigenvalue weighted by atomic mass is 10.1. The second kappa shape index (κ2) is 4.22. The Labute approximate surface area is 79.4 Å². The van der Waals surface area contributed by atoms with Crippen LogP contribution in [0.1, 0.15) is 32.1 Å². The van der Waals surface area contributed by atoms with Gasteiger partial charge in [0.1, 0.15) is 15.6 Å². The molecule has 0 heterocycles. The fourth-order valence-electron chi connectivity index (χ4n) is 1.27. The van der Waals surface area contributed by atoms with Crippen molar-refractivity contribution in [3.05, 3.63) is 0 Å². The minimum absolute atomic E-state index is 0.213. The van der Waals surface area contributed by atoms with E-state index in [1.165, 1.54) is 6.26 Å². The fraction of sp³-hybridized carbons (Fsp3) is 0.889. The molecule has 13 heavy (non-hydrogen) atoms. The van der Waals surface area contributed by atoms with Gasteiger partial charge in [-0.1, -0.05) is 0 Å². The topological polar surface area (TPSA) is 51.2 Å². The van der Waals surface area contributed by atoms with E-state index < -0.39 is 9.84 Å². The normalized spacial score (nSPS) is 17.3. The molecule has 0 bridgehead atoms. The van der Waals surface area contributed by atoms with E-state index in [9.17, 15) is 13.2 Å². The molecule has 1 fully saturated rings. The molecule has 0 spiro atoms. The quantitative estimate of drug-likeness (QED) is 0.610. The summed E-state index contributed by atoms with van der Waals surface area (Å²) in [6.07, 6.45) is 5.24. The van der Waals surface area contributed by atoms with Crippen LogP contribution in [0.3, 0.4) is 0 Å². The first-order valence-corrected chi connectivity index (χ1v) is 6.75. The van der Waals surface area contributed by atoms with Crippen molar-refractivity contribution in [2.45, 2.75) is 32.1 Å². The van der Waals surface area contributed by atoms with E-state index in [0.717, 1.165) is 19.3 Å². The van der Waals surface area contributed by atoms with Crippen molar-refractivity contribution in [3.8, 4) is 0 Å². The van der Waals surface area contributed by atoms with Crippen LogP contribution in [0.25, 0.3) is 0 Å². The van der Waals surface area contributed by atoms with Gasteiger partial charge in [-0.05, 0) is 25.7 Å². The zero-order valence-electron chi connectivity index (χ0n) is 7.95. The average molecular weight is 204 g/mol. The van der Waals surface area contributed by atoms with Gasteiger partial charge in [-0.15, -0.1) is 0 Å². The number of ketones is 1. The van der Waals surface area contributed by atoms with E-state index in [-0.39, 0.29) is 5.75 Å². The van der Waals surface area contributed by atoms with Gasteiger partial charge >= 0.3 is 0 Å². The number of rotatable bonds is 6. The maximum Gasteiger partial charge on any atom is 0.147 e. The minimum Gasteiger partial charge on any atom is -0.299 e. The third-order valence-corrected chi connectivity index (χ3v) is 3.25. The van der Waals surface area contributed by atoms with E-state index in [0.29, 0.717) is 24.5 Å². The Morgan fingerprint density at radius 1 is 1.31 bits per heavy atom. The molecule has 1 saturated carbocycles. The van der Waals surface area contributed by atoms with Gasteiger partial charge in [-0.3, -0.25) is 4.79 Å². The van der Waals surface area contributed by atoms with Crippen molar-refractivity contribution >= 4 is 15.6 Å². The molecular formula is C9H16O3S. The van der Waals surface area contributed by atoms with E-state index in [4.69, 9.17) is 0 Å². The van der Waals surface area contributed by atoms with E-state index in [1.54, 1.807) is 0 Å². The highest BCUT2D eigenvalue weighted by Crippen LogP contribution is 2.31. The number of hydrogen-bond acceptors (Lipinski definition) is 3. The molecule has 4 heteroatoms. The number of Topliss-reactive ketones (excluding diaryl/α,β-unsaturated/α-hetero) is 1. The summed E-state index contributed by atoms with van der Waals surface area (Å²) in [6, 6.07) is 0. The first-order valence-electron chi connectivity index (χ1n) is 4.69. The van der Waals surface area contributed by atoms with Gasteiger partial charge in [0.25, 0.3) is 0 Å². The molecule has 1 aliphatic carbocycles. The molecule has 0 aromatic heterocycles. The Balaban J connectivity index is 2.04. The molecule has 1 aliphatic rings. The van der Waals surface area contributed by atoms with E-state index in [2.05, 4.69) is 0 Å². The van der Waals surface area contributed by atoms with Crippen molar-refractivity contribution in [2.24, 2.45) is 5.92 Å². The molecule has 0 radical (unpaired) electrons. The first kappa shape index (κ1) is 10.7. The average Bonchev–Trinajstić information content (AvgIpc) is 2.77. The number of unbranched alkanes of at least 4 members (excludes halogenated alkanes) is 1. The highest BCUT2D eigenvalue weighted by Gasteiger charge is 2.28. The molecule has 76 valence electrons. The molecular weight excluding hydrogens is 188 g/mol. The second-order valence-electron chi connectivity index (χ2n) is 3.83. The summed E-state index contributed by atoms with van der Waals surface area (Å²) in [7, 11) is -2.84. The number of carbonyl (C=O) groups excluding carboxylic acids is 1. The smallest absolute Gasteiger partial charge is 0.147 e. The third-order valence-electron chi connectivity index (χ3n) is 2.22. The molecule has 0 aromatic carbocycles. The highest BCUT2D eigenvalue weighted by molar-refractivity contribution is 7.90. The van der Waals surface area contributed by atoms with Gasteiger partial charge in [-0.2, -0.15) is 0 Å². The van der Waals surface area contributed by atoms with Crippen molar-refractivity contribution < 1.29 is 13.2 Å². The predicted octanol–water partition coefficient (Wildman–Crippen LogP) is 1.18. The van der Waals surface area contributed by atoms with Crippen molar-refractivity contribution in [3.63, 3.8) is 0 Å². The van der Waals surface area contributed by atoms with Crippen LogP contribution in [0.15, 0.2) is 0 Å². The molecule has 0 aliphatic heterocycles. The van der Waals surface area contributed by atoms with Crippen LogP contribution in [0.5, 0.6) is 0 Å². The van der Waals surface area contributed by atoms with Gasteiger partial charge in [-0.25, -0.2) is 8.42 Å². The summed E-state index contributed by atoms with van der Waals surface area (Å²) in [5, 5.41) is 0. The van der Waals surface area contributed by atoms with E-state index >= 15 is 0 Å². The van der Waals surface area contributed by atoms with Gasteiger partial charge in [0.2, 0.25) is 0 Å². The minimum atomic E-state index is -2.84. The second-order valence-corrected chi connectivity index (χ2v) is 6.09. The Kier molecular flexibility index (Phi) is 3.47. The lowest BCUT2D eigenvalue weighted by molar-refractivity contribution is -0.120. The summed E-state index contributed by atoms with van der Waals surface area (Å²) in [5.41, 5.74) is 0. The van der Waals surface area contributed by atoms with Crippen molar-refractivity contribution in [2.75, 3.05) is 12.0 Å². The monoisotopic (exact) mass is 204 g/mol. The predicted molar refractivity (Wildman–Crippen MR) is 51.3 cm³/mol. The maximum absolute atomic E-state index is 11.2. The van der Waals surface area contributed by atoms with Crippen LogP contribution < -0.4 is 0 Å². The van der Waals surface area contributed by atoms with Gasteiger partial charge in [0, 0.05) is 24.3 Å². The van der Waals surface area contributed by atoms with Crippen LogP contribution in [0, 0.1) is 5.92 Å². The van der Waals surface area contributed by atoms with Crippen LogP contribution >= 0.6 is 0 Å². The largest absolute Gasteiger partial charge is 0.299 e. The Morgan fingerprint density at radius 2 is 1.92 bits per heavy atom. The highest BCUT2D eigenvalue weighted by atomic mass is 32.2.